The lowest BCUT2D eigenvalue weighted by atomic mass is 9.96. The molecule has 1 rings (SSSR count). The third-order valence-corrected chi connectivity index (χ3v) is 1.77. The third kappa shape index (κ3) is 1.39. The van der Waals surface area contributed by atoms with Crippen LogP contribution in [0.25, 0.3) is 0 Å². The Morgan fingerprint density at radius 3 is 2.27 bits per heavy atom. The van der Waals surface area contributed by atoms with E-state index in [0.717, 1.165) is 0 Å². The van der Waals surface area contributed by atoms with Gasteiger partial charge in [-0.15, -0.1) is 0 Å². The molecule has 0 aliphatic heterocycles. The second-order valence-corrected chi connectivity index (χ2v) is 2.47. The molecule has 0 aromatic rings. The molecule has 0 unspecified atom stereocenters. The molecule has 0 radical (unpaired) electrons. The maximum absolute atomic E-state index is 10.4. The Balaban J connectivity index is 2.71. The summed E-state index contributed by atoms with van der Waals surface area (Å²) in [6, 6.07) is 0. The Labute approximate surface area is 63.1 Å². The largest absolute Gasteiger partial charge is 0.481 e. The normalized spacial score (nSPS) is 28.7. The number of rotatable bonds is 2. The van der Waals surface area contributed by atoms with Crippen LogP contribution in [0.5, 0.6) is 0 Å². The molecular weight excluding hydrogens is 148 g/mol. The molecule has 1 aliphatic carbocycles. The van der Waals surface area contributed by atoms with Crippen LogP contribution in [0, 0.1) is 11.8 Å². The van der Waals surface area contributed by atoms with Gasteiger partial charge in [-0.2, -0.15) is 0 Å². The maximum atomic E-state index is 10.4. The summed E-state index contributed by atoms with van der Waals surface area (Å²) in [5.41, 5.74) is 0. The third-order valence-electron chi connectivity index (χ3n) is 1.77. The summed E-state index contributed by atoms with van der Waals surface area (Å²) >= 11 is 0. The van der Waals surface area contributed by atoms with Gasteiger partial charge in [0.15, 0.2) is 0 Å². The zero-order valence-corrected chi connectivity index (χ0v) is 5.73. The Morgan fingerprint density at radius 2 is 1.91 bits per heavy atom. The summed E-state index contributed by atoms with van der Waals surface area (Å²) in [5, 5.41) is 17.0. The van der Waals surface area contributed by atoms with Crippen LogP contribution in [0.15, 0.2) is 12.2 Å². The lowest BCUT2D eigenvalue weighted by Gasteiger charge is -2.08. The number of carbonyl (C=O) groups is 2. The van der Waals surface area contributed by atoms with Crippen LogP contribution in [-0.4, -0.2) is 22.2 Å². The number of carboxylic acid groups (broad SMARTS) is 2. The monoisotopic (exact) mass is 156 g/mol. The van der Waals surface area contributed by atoms with E-state index in [1.807, 2.05) is 0 Å². The Bertz CT molecular complexity index is 218. The van der Waals surface area contributed by atoms with Crippen LogP contribution >= 0.6 is 0 Å². The van der Waals surface area contributed by atoms with Crippen LogP contribution < -0.4 is 0 Å². The van der Waals surface area contributed by atoms with E-state index in [9.17, 15) is 9.59 Å². The zero-order chi connectivity index (χ0) is 8.43. The van der Waals surface area contributed by atoms with Crippen LogP contribution in [-0.2, 0) is 9.59 Å². The molecular formula is C7H8O4. The van der Waals surface area contributed by atoms with Gasteiger partial charge in [0.1, 0.15) is 0 Å². The summed E-state index contributed by atoms with van der Waals surface area (Å²) in [5.74, 6) is -3.71. The molecule has 4 heteroatoms. The average molecular weight is 156 g/mol. The molecule has 11 heavy (non-hydrogen) atoms. The van der Waals surface area contributed by atoms with Gasteiger partial charge in [0.05, 0.1) is 11.8 Å². The number of allylic oxidation sites excluding steroid dienone is 1. The SMILES string of the molecule is O=C(O)[C@H]1C=CC[C@H]1C(=O)O. The summed E-state index contributed by atoms with van der Waals surface area (Å²) in [6.07, 6.45) is 3.35. The van der Waals surface area contributed by atoms with E-state index < -0.39 is 23.8 Å². The summed E-state index contributed by atoms with van der Waals surface area (Å²) in [6.45, 7) is 0. The molecule has 2 atom stereocenters. The highest BCUT2D eigenvalue weighted by molar-refractivity contribution is 5.82. The topological polar surface area (TPSA) is 74.6 Å². The molecule has 0 spiro atoms. The van der Waals surface area contributed by atoms with E-state index in [4.69, 9.17) is 10.2 Å². The van der Waals surface area contributed by atoms with Gasteiger partial charge in [-0.3, -0.25) is 9.59 Å². The standard InChI is InChI=1S/C7H8O4/c8-6(9)4-2-1-3-5(4)7(10)11/h1-2,4-5H,3H2,(H,8,9)(H,10,11)/t4-,5+/m0/s1. The van der Waals surface area contributed by atoms with Gasteiger partial charge in [-0.25, -0.2) is 0 Å². The van der Waals surface area contributed by atoms with Crippen LogP contribution in [0.3, 0.4) is 0 Å². The molecule has 0 aromatic carbocycles. The minimum absolute atomic E-state index is 0.326. The number of hydrogen-bond donors (Lipinski definition) is 2. The second kappa shape index (κ2) is 2.74. The van der Waals surface area contributed by atoms with Crippen LogP contribution in [0.2, 0.25) is 0 Å². The van der Waals surface area contributed by atoms with Gasteiger partial charge in [0.25, 0.3) is 0 Å². The molecule has 60 valence electrons. The van der Waals surface area contributed by atoms with Crippen molar-refractivity contribution in [1.29, 1.82) is 0 Å². The first-order valence-corrected chi connectivity index (χ1v) is 3.25. The van der Waals surface area contributed by atoms with Crippen molar-refractivity contribution in [3.63, 3.8) is 0 Å². The van der Waals surface area contributed by atoms with E-state index >= 15 is 0 Å². The Hall–Kier alpha value is -1.32. The fraction of sp³-hybridized carbons (Fsp3) is 0.429. The van der Waals surface area contributed by atoms with Crippen molar-refractivity contribution < 1.29 is 19.8 Å². The highest BCUT2D eigenvalue weighted by Gasteiger charge is 2.33. The fourth-order valence-corrected chi connectivity index (χ4v) is 1.16. The minimum atomic E-state index is -1.06. The molecule has 0 saturated carbocycles. The molecule has 1 aliphatic rings. The zero-order valence-electron chi connectivity index (χ0n) is 5.73. The van der Waals surface area contributed by atoms with Crippen molar-refractivity contribution in [2.24, 2.45) is 11.8 Å². The van der Waals surface area contributed by atoms with Gasteiger partial charge < -0.3 is 10.2 Å². The molecule has 0 saturated heterocycles. The summed E-state index contributed by atoms with van der Waals surface area (Å²) in [4.78, 5) is 20.8. The predicted molar refractivity (Wildman–Crippen MR) is 36.0 cm³/mol. The second-order valence-electron chi connectivity index (χ2n) is 2.47. The first kappa shape index (κ1) is 7.78. The molecule has 4 nitrogen and oxygen atoms in total. The van der Waals surface area contributed by atoms with E-state index in [2.05, 4.69) is 0 Å². The van der Waals surface area contributed by atoms with Crippen molar-refractivity contribution in [3.8, 4) is 0 Å². The van der Waals surface area contributed by atoms with Gasteiger partial charge in [0, 0.05) is 0 Å². The molecule has 2 N–H and O–H groups in total. The number of carboxylic acids is 2. The van der Waals surface area contributed by atoms with Crippen LogP contribution in [0.1, 0.15) is 6.42 Å². The maximum Gasteiger partial charge on any atom is 0.311 e. The van der Waals surface area contributed by atoms with Gasteiger partial charge in [0.2, 0.25) is 0 Å². The smallest absolute Gasteiger partial charge is 0.311 e. The lowest BCUT2D eigenvalue weighted by molar-refractivity contribution is -0.151. The molecule has 0 heterocycles. The minimum Gasteiger partial charge on any atom is -0.481 e. The predicted octanol–water partition coefficient (Wildman–Crippen LogP) is 0.348. The quantitative estimate of drug-likeness (QED) is 0.565. The highest BCUT2D eigenvalue weighted by atomic mass is 16.4. The lowest BCUT2D eigenvalue weighted by Crippen LogP contribution is -2.24. The Kier molecular flexibility index (Phi) is 1.94. The molecule has 0 aromatic heterocycles. The van der Waals surface area contributed by atoms with E-state index in [0.29, 0.717) is 6.42 Å². The van der Waals surface area contributed by atoms with Crippen molar-refractivity contribution >= 4 is 11.9 Å². The van der Waals surface area contributed by atoms with Gasteiger partial charge >= 0.3 is 11.9 Å². The Morgan fingerprint density at radius 1 is 1.27 bits per heavy atom. The van der Waals surface area contributed by atoms with E-state index in [1.54, 1.807) is 6.08 Å². The highest BCUT2D eigenvalue weighted by Crippen LogP contribution is 2.25. The first-order chi connectivity index (χ1) is 5.13. The number of aliphatic carboxylic acids is 2. The van der Waals surface area contributed by atoms with E-state index in [-0.39, 0.29) is 0 Å². The summed E-state index contributed by atoms with van der Waals surface area (Å²) < 4.78 is 0. The average Bonchev–Trinajstić information content (AvgIpc) is 2.32. The van der Waals surface area contributed by atoms with Crippen molar-refractivity contribution in [1.82, 2.24) is 0 Å². The van der Waals surface area contributed by atoms with Crippen molar-refractivity contribution in [2.75, 3.05) is 0 Å². The number of hydrogen-bond acceptors (Lipinski definition) is 2. The van der Waals surface area contributed by atoms with E-state index in [1.165, 1.54) is 6.08 Å². The molecule has 0 fully saturated rings. The fourth-order valence-electron chi connectivity index (χ4n) is 1.16. The van der Waals surface area contributed by atoms with Gasteiger partial charge in [-0.1, -0.05) is 12.2 Å². The van der Waals surface area contributed by atoms with Crippen LogP contribution in [0.4, 0.5) is 0 Å². The first-order valence-electron chi connectivity index (χ1n) is 3.25. The van der Waals surface area contributed by atoms with Gasteiger partial charge in [-0.05, 0) is 6.42 Å². The summed E-state index contributed by atoms with van der Waals surface area (Å²) in [7, 11) is 0. The van der Waals surface area contributed by atoms with Crippen molar-refractivity contribution in [3.05, 3.63) is 12.2 Å². The molecule has 0 bridgehead atoms. The molecule has 0 amide bonds. The van der Waals surface area contributed by atoms with Crippen molar-refractivity contribution in [2.45, 2.75) is 6.42 Å².